The van der Waals surface area contributed by atoms with Crippen LogP contribution < -0.4 is 10.1 Å². The number of amides is 1. The maximum Gasteiger partial charge on any atom is 0.256 e. The van der Waals surface area contributed by atoms with Crippen LogP contribution in [-0.4, -0.2) is 25.2 Å². The van der Waals surface area contributed by atoms with Crippen LogP contribution in [0.2, 0.25) is 0 Å². The fourth-order valence-electron chi connectivity index (χ4n) is 2.51. The number of ether oxygens (including phenoxy) is 2. The topological polar surface area (TPSA) is 47.6 Å². The number of carbonyl (C=O) groups is 1. The molecule has 130 valence electrons. The van der Waals surface area contributed by atoms with Crippen molar-refractivity contribution in [3.05, 3.63) is 23.8 Å². The summed E-state index contributed by atoms with van der Waals surface area (Å²) in [5.74, 6) is 0.738. The first-order valence-electron chi connectivity index (χ1n) is 8.57. The molecule has 0 aliphatic carbocycles. The molecular weight excluding hydrogens is 290 g/mol. The fraction of sp³-hybridized carbons (Fsp3) is 0.632. The number of aryl methyl sites for hydroxylation is 1. The highest BCUT2D eigenvalue weighted by Gasteiger charge is 2.33. The van der Waals surface area contributed by atoms with Gasteiger partial charge in [0.05, 0.1) is 7.11 Å². The van der Waals surface area contributed by atoms with Crippen LogP contribution in [0.1, 0.15) is 58.4 Å². The van der Waals surface area contributed by atoms with Crippen LogP contribution in [-0.2, 0) is 9.53 Å². The van der Waals surface area contributed by atoms with E-state index in [4.69, 9.17) is 9.47 Å². The minimum absolute atomic E-state index is 0.0772. The molecule has 0 spiro atoms. The number of methoxy groups -OCH3 is 1. The van der Waals surface area contributed by atoms with E-state index in [2.05, 4.69) is 19.2 Å². The number of anilines is 1. The van der Waals surface area contributed by atoms with Crippen molar-refractivity contribution in [1.29, 1.82) is 0 Å². The van der Waals surface area contributed by atoms with Crippen LogP contribution in [0.4, 0.5) is 5.69 Å². The Bertz CT molecular complexity index is 501. The summed E-state index contributed by atoms with van der Waals surface area (Å²) in [5, 5.41) is 2.99. The van der Waals surface area contributed by atoms with Gasteiger partial charge in [-0.3, -0.25) is 4.79 Å². The van der Waals surface area contributed by atoms with E-state index in [1.165, 1.54) is 0 Å². The Morgan fingerprint density at radius 1 is 1.22 bits per heavy atom. The molecule has 0 aliphatic heterocycles. The molecule has 0 aromatic heterocycles. The largest absolute Gasteiger partial charge is 0.496 e. The monoisotopic (exact) mass is 321 g/mol. The van der Waals surface area contributed by atoms with Gasteiger partial charge in [-0.15, -0.1) is 0 Å². The molecule has 0 radical (unpaired) electrons. The second kappa shape index (κ2) is 9.56. The van der Waals surface area contributed by atoms with E-state index >= 15 is 0 Å². The second-order valence-corrected chi connectivity index (χ2v) is 6.17. The molecule has 1 rings (SSSR count). The summed E-state index contributed by atoms with van der Waals surface area (Å²) in [7, 11) is 1.64. The lowest BCUT2D eigenvalue weighted by atomic mass is 9.96. The summed E-state index contributed by atoms with van der Waals surface area (Å²) in [6, 6.07) is 5.64. The van der Waals surface area contributed by atoms with E-state index < -0.39 is 5.60 Å². The molecule has 0 unspecified atom stereocenters. The maximum absolute atomic E-state index is 12.7. The molecule has 0 fully saturated rings. The van der Waals surface area contributed by atoms with Crippen molar-refractivity contribution < 1.29 is 14.3 Å². The van der Waals surface area contributed by atoms with E-state index in [1.807, 2.05) is 32.0 Å². The molecule has 0 saturated carbocycles. The van der Waals surface area contributed by atoms with Gasteiger partial charge in [-0.1, -0.05) is 33.1 Å². The van der Waals surface area contributed by atoms with Crippen LogP contribution in [0.15, 0.2) is 18.2 Å². The van der Waals surface area contributed by atoms with E-state index in [0.717, 1.165) is 49.1 Å². The van der Waals surface area contributed by atoms with Crippen molar-refractivity contribution in [1.82, 2.24) is 0 Å². The number of nitrogens with one attached hydrogen (secondary N) is 1. The van der Waals surface area contributed by atoms with Crippen molar-refractivity contribution in [3.8, 4) is 5.75 Å². The lowest BCUT2D eigenvalue weighted by molar-refractivity contribution is -0.140. The van der Waals surface area contributed by atoms with Gasteiger partial charge in [0.2, 0.25) is 0 Å². The van der Waals surface area contributed by atoms with Crippen molar-refractivity contribution >= 4 is 11.6 Å². The number of carbonyl (C=O) groups excluding carboxylic acids is 1. The Hall–Kier alpha value is -1.55. The Kier molecular flexibility index (Phi) is 8.10. The molecule has 0 heterocycles. The van der Waals surface area contributed by atoms with E-state index in [9.17, 15) is 4.79 Å². The third-order valence-electron chi connectivity index (χ3n) is 4.02. The number of benzene rings is 1. The maximum atomic E-state index is 12.7. The van der Waals surface area contributed by atoms with Gasteiger partial charge < -0.3 is 14.8 Å². The summed E-state index contributed by atoms with van der Waals surface area (Å²) in [4.78, 5) is 12.7. The predicted molar refractivity (Wildman–Crippen MR) is 95.2 cm³/mol. The summed E-state index contributed by atoms with van der Waals surface area (Å²) < 4.78 is 11.2. The van der Waals surface area contributed by atoms with Crippen molar-refractivity contribution in [3.63, 3.8) is 0 Å². The van der Waals surface area contributed by atoms with Gasteiger partial charge >= 0.3 is 0 Å². The highest BCUT2D eigenvalue weighted by atomic mass is 16.5. The first-order valence-corrected chi connectivity index (χ1v) is 8.57. The highest BCUT2D eigenvalue weighted by molar-refractivity contribution is 5.97. The molecule has 0 aliphatic rings. The van der Waals surface area contributed by atoms with E-state index in [0.29, 0.717) is 6.61 Å². The Morgan fingerprint density at radius 3 is 2.52 bits per heavy atom. The quantitative estimate of drug-likeness (QED) is 0.635. The van der Waals surface area contributed by atoms with Gasteiger partial charge in [-0.25, -0.2) is 0 Å². The first kappa shape index (κ1) is 19.5. The number of hydrogen-bond donors (Lipinski definition) is 1. The van der Waals surface area contributed by atoms with Crippen molar-refractivity contribution in [2.45, 2.75) is 65.4 Å². The van der Waals surface area contributed by atoms with Gasteiger partial charge in [-0.2, -0.15) is 0 Å². The minimum atomic E-state index is -0.779. The van der Waals surface area contributed by atoms with E-state index in [1.54, 1.807) is 7.11 Å². The van der Waals surface area contributed by atoms with Crippen LogP contribution in [0.3, 0.4) is 0 Å². The zero-order chi connectivity index (χ0) is 17.3. The van der Waals surface area contributed by atoms with Gasteiger partial charge in [0.15, 0.2) is 0 Å². The van der Waals surface area contributed by atoms with Crippen LogP contribution in [0.5, 0.6) is 5.75 Å². The Balaban J connectivity index is 2.80. The molecular formula is C19H31NO3. The second-order valence-electron chi connectivity index (χ2n) is 6.17. The van der Waals surface area contributed by atoms with Crippen LogP contribution in [0.25, 0.3) is 0 Å². The van der Waals surface area contributed by atoms with Gasteiger partial charge in [0.1, 0.15) is 11.4 Å². The van der Waals surface area contributed by atoms with Crippen molar-refractivity contribution in [2.75, 3.05) is 19.0 Å². The number of unbranched alkanes of at least 4 members (excludes halogenated alkanes) is 2. The Morgan fingerprint density at radius 2 is 1.96 bits per heavy atom. The molecule has 1 amide bonds. The van der Waals surface area contributed by atoms with Gasteiger partial charge in [0, 0.05) is 12.3 Å². The molecule has 0 bridgehead atoms. The number of rotatable bonds is 10. The minimum Gasteiger partial charge on any atom is -0.496 e. The average molecular weight is 321 g/mol. The van der Waals surface area contributed by atoms with Crippen LogP contribution in [0, 0.1) is 6.92 Å². The summed E-state index contributed by atoms with van der Waals surface area (Å²) >= 11 is 0. The van der Waals surface area contributed by atoms with Gasteiger partial charge in [0.25, 0.3) is 5.91 Å². The zero-order valence-corrected chi connectivity index (χ0v) is 15.2. The molecule has 4 heteroatoms. The van der Waals surface area contributed by atoms with Crippen molar-refractivity contribution in [2.24, 2.45) is 0 Å². The molecule has 0 saturated heterocycles. The molecule has 1 N–H and O–H groups in total. The highest BCUT2D eigenvalue weighted by Crippen LogP contribution is 2.25. The molecule has 1 aromatic carbocycles. The predicted octanol–water partition coefficient (Wildman–Crippen LogP) is 4.71. The van der Waals surface area contributed by atoms with E-state index in [-0.39, 0.29) is 5.91 Å². The normalized spacial score (nSPS) is 13.4. The molecule has 4 nitrogen and oxygen atoms in total. The third kappa shape index (κ3) is 5.87. The van der Waals surface area contributed by atoms with Crippen LogP contribution >= 0.6 is 0 Å². The Labute approximate surface area is 140 Å². The lowest BCUT2D eigenvalue weighted by Crippen LogP contribution is -2.43. The standard InChI is InChI=1S/C19H31NO3/c1-6-8-9-12-19(4,23-13-7-2)18(21)20-16-10-11-17(22-5)15(3)14-16/h10-11,14H,6-9,12-13H2,1-5H3,(H,20,21)/t19-/m0/s1. The summed E-state index contributed by atoms with van der Waals surface area (Å²) in [5.41, 5.74) is 0.988. The molecule has 1 aromatic rings. The average Bonchev–Trinajstić information content (AvgIpc) is 2.53. The first-order chi connectivity index (χ1) is 11.0. The smallest absolute Gasteiger partial charge is 0.256 e. The fourth-order valence-corrected chi connectivity index (χ4v) is 2.51. The third-order valence-corrected chi connectivity index (χ3v) is 4.02. The zero-order valence-electron chi connectivity index (χ0n) is 15.2. The lowest BCUT2D eigenvalue weighted by Gasteiger charge is -2.29. The summed E-state index contributed by atoms with van der Waals surface area (Å²) in [6.45, 7) is 8.66. The van der Waals surface area contributed by atoms with Gasteiger partial charge in [-0.05, 0) is 50.5 Å². The molecule has 1 atom stereocenters. The SMILES string of the molecule is CCCCC[C@](C)(OCCC)C(=O)Nc1ccc(OC)c(C)c1. The number of hydrogen-bond acceptors (Lipinski definition) is 3. The summed E-state index contributed by atoms with van der Waals surface area (Å²) in [6.07, 6.45) is 4.87. The molecule has 23 heavy (non-hydrogen) atoms.